The molecule has 1 aromatic carbocycles. The van der Waals surface area contributed by atoms with Gasteiger partial charge in [-0.1, -0.05) is 13.3 Å². The fourth-order valence-electron chi connectivity index (χ4n) is 3.59. The molecule has 1 aliphatic rings. The number of carbonyl (C=O) groups excluding carboxylic acids is 1. The summed E-state index contributed by atoms with van der Waals surface area (Å²) in [6.07, 6.45) is 2.92. The molecule has 162 valence electrons. The summed E-state index contributed by atoms with van der Waals surface area (Å²) in [4.78, 5) is 35.2. The van der Waals surface area contributed by atoms with Crippen molar-refractivity contribution in [2.75, 3.05) is 6.61 Å². The maximum atomic E-state index is 12.2. The van der Waals surface area contributed by atoms with Gasteiger partial charge in [0, 0.05) is 17.7 Å². The molecule has 0 fully saturated rings. The number of ether oxygens (including phenoxy) is 2. The van der Waals surface area contributed by atoms with Crippen LogP contribution in [0.1, 0.15) is 51.7 Å². The zero-order valence-electron chi connectivity index (χ0n) is 17.7. The smallest absolute Gasteiger partial charge is 0.336 e. The first-order valence-electron chi connectivity index (χ1n) is 10.1. The first kappa shape index (κ1) is 21.7. The van der Waals surface area contributed by atoms with Gasteiger partial charge in [-0.15, -0.1) is 0 Å². The Bertz CT molecular complexity index is 1040. The Morgan fingerprint density at radius 1 is 1.33 bits per heavy atom. The van der Waals surface area contributed by atoms with Gasteiger partial charge >= 0.3 is 11.6 Å². The van der Waals surface area contributed by atoms with Crippen LogP contribution in [0.2, 0.25) is 0 Å². The fraction of sp³-hybridized carbons (Fsp3) is 0.500. The summed E-state index contributed by atoms with van der Waals surface area (Å²) >= 11 is 0. The first-order chi connectivity index (χ1) is 14.1. The molecule has 0 bridgehead atoms. The highest BCUT2D eigenvalue weighted by Crippen LogP contribution is 2.43. The van der Waals surface area contributed by atoms with Crippen LogP contribution in [0.25, 0.3) is 11.0 Å². The molecule has 2 heterocycles. The predicted octanol–water partition coefficient (Wildman–Crippen LogP) is 2.82. The summed E-state index contributed by atoms with van der Waals surface area (Å²) in [5, 5.41) is 12.0. The van der Waals surface area contributed by atoms with Gasteiger partial charge in [0.1, 0.15) is 28.7 Å². The molecule has 2 N–H and O–H groups in total. The topological polar surface area (TPSA) is 115 Å². The van der Waals surface area contributed by atoms with Crippen LogP contribution in [0.4, 0.5) is 0 Å². The van der Waals surface area contributed by atoms with E-state index < -0.39 is 23.5 Å². The molecular formula is C22H27NO7. The lowest BCUT2D eigenvalue weighted by atomic mass is 9.91. The Balaban J connectivity index is 2.04. The van der Waals surface area contributed by atoms with Gasteiger partial charge in [-0.05, 0) is 45.6 Å². The highest BCUT2D eigenvalue weighted by Gasteiger charge is 2.31. The molecule has 0 radical (unpaired) electrons. The molecule has 2 aromatic rings. The van der Waals surface area contributed by atoms with Gasteiger partial charge in [0.15, 0.2) is 6.61 Å². The van der Waals surface area contributed by atoms with E-state index in [0.29, 0.717) is 35.3 Å². The van der Waals surface area contributed by atoms with Gasteiger partial charge in [-0.3, -0.25) is 9.59 Å². The summed E-state index contributed by atoms with van der Waals surface area (Å²) in [5.74, 6) is -0.770. The minimum atomic E-state index is -1.13. The van der Waals surface area contributed by atoms with Gasteiger partial charge < -0.3 is 24.3 Å². The van der Waals surface area contributed by atoms with E-state index in [1.807, 2.05) is 20.8 Å². The largest absolute Gasteiger partial charge is 0.487 e. The number of aryl methyl sites for hydroxylation is 2. The lowest BCUT2D eigenvalue weighted by Gasteiger charge is -2.33. The normalized spacial score (nSPS) is 15.7. The third-order valence-corrected chi connectivity index (χ3v) is 5.11. The number of aliphatic carboxylic acids is 1. The number of rotatable bonds is 7. The first-order valence-corrected chi connectivity index (χ1v) is 10.1. The summed E-state index contributed by atoms with van der Waals surface area (Å²) in [5.41, 5.74) is 1.20. The van der Waals surface area contributed by atoms with Crippen molar-refractivity contribution in [1.82, 2.24) is 5.32 Å². The number of hydrogen-bond acceptors (Lipinski definition) is 6. The number of benzene rings is 1. The van der Waals surface area contributed by atoms with Crippen molar-refractivity contribution in [1.29, 1.82) is 0 Å². The Labute approximate surface area is 174 Å². The van der Waals surface area contributed by atoms with Gasteiger partial charge in [0.2, 0.25) is 0 Å². The lowest BCUT2D eigenvalue weighted by Crippen LogP contribution is -2.40. The number of carboxylic acids is 1. The summed E-state index contributed by atoms with van der Waals surface area (Å²) in [6, 6.07) is 2.15. The maximum absolute atomic E-state index is 12.2. The Morgan fingerprint density at radius 2 is 2.07 bits per heavy atom. The summed E-state index contributed by atoms with van der Waals surface area (Å²) < 4.78 is 17.4. The van der Waals surface area contributed by atoms with Crippen LogP contribution in [0.15, 0.2) is 21.3 Å². The highest BCUT2D eigenvalue weighted by atomic mass is 16.5. The Kier molecular flexibility index (Phi) is 6.05. The maximum Gasteiger partial charge on any atom is 0.336 e. The van der Waals surface area contributed by atoms with E-state index in [1.54, 1.807) is 6.07 Å². The van der Waals surface area contributed by atoms with E-state index >= 15 is 0 Å². The van der Waals surface area contributed by atoms with Gasteiger partial charge in [0.05, 0.1) is 5.39 Å². The standard InChI is InChI=1S/C22H27NO7/c1-5-6-13-9-18(25)29-20-14-7-8-22(3,4)30-15(14)10-16(19(13)20)28-11-17(24)23-12(2)21(26)27/h9-10,12H,5-8,11H2,1-4H3,(H,23,24)(H,26,27)/t12-/m0/s1. The molecule has 1 atom stereocenters. The van der Waals surface area contributed by atoms with Crippen molar-refractivity contribution in [3.8, 4) is 11.5 Å². The zero-order chi connectivity index (χ0) is 22.1. The van der Waals surface area contributed by atoms with Crippen LogP contribution in [0.5, 0.6) is 11.5 Å². The minimum Gasteiger partial charge on any atom is -0.487 e. The lowest BCUT2D eigenvalue weighted by molar-refractivity contribution is -0.141. The molecule has 0 saturated carbocycles. The molecule has 0 aliphatic carbocycles. The van der Waals surface area contributed by atoms with Crippen molar-refractivity contribution in [2.24, 2.45) is 0 Å². The van der Waals surface area contributed by atoms with E-state index in [9.17, 15) is 14.4 Å². The van der Waals surface area contributed by atoms with Crippen molar-refractivity contribution in [2.45, 2.75) is 65.0 Å². The van der Waals surface area contributed by atoms with Gasteiger partial charge in [-0.2, -0.15) is 0 Å². The van der Waals surface area contributed by atoms with Gasteiger partial charge in [-0.25, -0.2) is 4.79 Å². The van der Waals surface area contributed by atoms with Crippen LogP contribution in [0.3, 0.4) is 0 Å². The van der Waals surface area contributed by atoms with Crippen molar-refractivity contribution >= 4 is 22.8 Å². The molecule has 1 aliphatic heterocycles. The molecular weight excluding hydrogens is 390 g/mol. The van der Waals surface area contributed by atoms with E-state index in [0.717, 1.165) is 24.0 Å². The van der Waals surface area contributed by atoms with E-state index in [2.05, 4.69) is 5.32 Å². The minimum absolute atomic E-state index is 0.367. The second-order valence-electron chi connectivity index (χ2n) is 8.17. The van der Waals surface area contributed by atoms with Crippen molar-refractivity contribution < 1.29 is 28.6 Å². The molecule has 3 rings (SSSR count). The predicted molar refractivity (Wildman–Crippen MR) is 110 cm³/mol. The fourth-order valence-corrected chi connectivity index (χ4v) is 3.59. The van der Waals surface area contributed by atoms with Crippen LogP contribution in [-0.4, -0.2) is 35.2 Å². The number of fused-ring (bicyclic) bond motifs is 3. The molecule has 1 aromatic heterocycles. The summed E-state index contributed by atoms with van der Waals surface area (Å²) in [7, 11) is 0. The van der Waals surface area contributed by atoms with Crippen LogP contribution >= 0.6 is 0 Å². The number of carbonyl (C=O) groups is 2. The van der Waals surface area contributed by atoms with Gasteiger partial charge in [0.25, 0.3) is 5.91 Å². The van der Waals surface area contributed by atoms with Crippen molar-refractivity contribution in [3.05, 3.63) is 33.7 Å². The summed E-state index contributed by atoms with van der Waals surface area (Å²) in [6.45, 7) is 6.96. The van der Waals surface area contributed by atoms with E-state index in [4.69, 9.17) is 19.0 Å². The molecule has 0 spiro atoms. The van der Waals surface area contributed by atoms with E-state index in [1.165, 1.54) is 13.0 Å². The molecule has 1 amide bonds. The molecule has 0 unspecified atom stereocenters. The highest BCUT2D eigenvalue weighted by molar-refractivity contribution is 5.92. The quantitative estimate of drug-likeness (QED) is 0.666. The van der Waals surface area contributed by atoms with Crippen molar-refractivity contribution in [3.63, 3.8) is 0 Å². The number of carboxylic acid groups (broad SMARTS) is 1. The molecule has 8 heteroatoms. The Morgan fingerprint density at radius 3 is 2.73 bits per heavy atom. The monoisotopic (exact) mass is 417 g/mol. The Hall–Kier alpha value is -3.03. The number of hydrogen-bond donors (Lipinski definition) is 2. The second-order valence-corrected chi connectivity index (χ2v) is 8.17. The number of amides is 1. The average Bonchev–Trinajstić information content (AvgIpc) is 2.64. The number of nitrogens with one attached hydrogen (secondary N) is 1. The van der Waals surface area contributed by atoms with Crippen LogP contribution < -0.4 is 20.4 Å². The SMILES string of the molecule is CCCc1cc(=O)oc2c3c(cc(OCC(=O)N[C@@H](C)C(=O)O)c12)OC(C)(C)CC3. The molecule has 0 saturated heterocycles. The average molecular weight is 417 g/mol. The van der Waals surface area contributed by atoms with Crippen LogP contribution in [-0.2, 0) is 22.4 Å². The van der Waals surface area contributed by atoms with Crippen LogP contribution in [0, 0.1) is 0 Å². The third kappa shape index (κ3) is 4.58. The molecule has 30 heavy (non-hydrogen) atoms. The van der Waals surface area contributed by atoms with E-state index in [-0.39, 0.29) is 12.2 Å². The second kappa shape index (κ2) is 8.38. The third-order valence-electron chi connectivity index (χ3n) is 5.11. The molecule has 8 nitrogen and oxygen atoms in total. The zero-order valence-corrected chi connectivity index (χ0v) is 17.7.